The molecule has 0 bridgehead atoms. The molecule has 1 rings (SSSR count). The Morgan fingerprint density at radius 1 is 1.13 bits per heavy atom. The zero-order valence-electron chi connectivity index (χ0n) is 15.2. The zero-order valence-corrected chi connectivity index (χ0v) is 15.2. The Hall–Kier alpha value is -1.32. The largest absolute Gasteiger partial charge is 0.550 e. The van der Waals surface area contributed by atoms with E-state index in [9.17, 15) is 9.90 Å². The molecule has 0 radical (unpaired) electrons. The third kappa shape index (κ3) is 7.19. The Morgan fingerprint density at radius 2 is 1.74 bits per heavy atom. The molecular weight excluding hydrogens is 288 g/mol. The lowest BCUT2D eigenvalue weighted by molar-refractivity contribution is -0.708. The number of carbonyl (C=O) groups excluding carboxylic acids is 1. The number of carbonyl (C=O) groups is 1. The van der Waals surface area contributed by atoms with Gasteiger partial charge < -0.3 is 9.90 Å². The summed E-state index contributed by atoms with van der Waals surface area (Å²) in [6.07, 6.45) is 15.6. The number of nitrogens with zero attached hydrogens (tertiary/aromatic N) is 2. The first kappa shape index (κ1) is 19.7. The number of hydrogen-bond donors (Lipinski definition) is 0. The van der Waals surface area contributed by atoms with Gasteiger partial charge in [-0.3, -0.25) is 0 Å². The summed E-state index contributed by atoms with van der Waals surface area (Å²) in [5.74, 6) is -0.184. The molecule has 0 saturated heterocycles. The smallest absolute Gasteiger partial charge is 0.256 e. The van der Waals surface area contributed by atoms with Crippen LogP contribution < -0.4 is 9.67 Å². The zero-order chi connectivity index (χ0) is 17.1. The van der Waals surface area contributed by atoms with Crippen LogP contribution in [0.1, 0.15) is 78.0 Å². The molecule has 1 atom stereocenters. The van der Waals surface area contributed by atoms with Crippen molar-refractivity contribution in [1.29, 1.82) is 0 Å². The van der Waals surface area contributed by atoms with Gasteiger partial charge in [0.15, 0.2) is 0 Å². The summed E-state index contributed by atoms with van der Waals surface area (Å²) in [6.45, 7) is 7.52. The molecule has 0 fully saturated rings. The van der Waals surface area contributed by atoms with E-state index >= 15 is 0 Å². The lowest BCUT2D eigenvalue weighted by atomic mass is 10.1. The van der Waals surface area contributed by atoms with E-state index in [1.807, 2.05) is 6.20 Å². The Bertz CT molecular complexity index is 454. The van der Waals surface area contributed by atoms with Crippen LogP contribution in [0.3, 0.4) is 0 Å². The summed E-state index contributed by atoms with van der Waals surface area (Å²) in [5, 5.41) is 11.0. The Kier molecular flexibility index (Phi) is 9.65. The molecule has 1 aromatic rings. The predicted molar refractivity (Wildman–Crippen MR) is 90.8 cm³/mol. The molecule has 0 aliphatic rings. The minimum atomic E-state index is -0.972. The fraction of sp³-hybridized carbons (Fsp3) is 0.789. The number of carboxylic acid groups (broad SMARTS) is 1. The van der Waals surface area contributed by atoms with Crippen LogP contribution in [0.4, 0.5) is 0 Å². The van der Waals surface area contributed by atoms with Gasteiger partial charge in [0.2, 0.25) is 0 Å². The lowest BCUT2D eigenvalue weighted by Gasteiger charge is -2.11. The summed E-state index contributed by atoms with van der Waals surface area (Å²) in [7, 11) is 0. The van der Waals surface area contributed by atoms with Gasteiger partial charge in [-0.15, -0.1) is 0 Å². The minimum Gasteiger partial charge on any atom is -0.550 e. The van der Waals surface area contributed by atoms with E-state index in [1.165, 1.54) is 57.2 Å². The van der Waals surface area contributed by atoms with Crippen LogP contribution >= 0.6 is 0 Å². The van der Waals surface area contributed by atoms with Crippen LogP contribution in [0.15, 0.2) is 12.4 Å². The number of unbranched alkanes of at least 4 members (excludes halogenated alkanes) is 7. The van der Waals surface area contributed by atoms with Crippen molar-refractivity contribution < 1.29 is 14.5 Å². The second-order valence-electron chi connectivity index (χ2n) is 6.60. The first-order valence-corrected chi connectivity index (χ1v) is 9.38. The van der Waals surface area contributed by atoms with Crippen molar-refractivity contribution in [2.45, 2.75) is 91.6 Å². The van der Waals surface area contributed by atoms with Crippen molar-refractivity contribution in [3.05, 3.63) is 18.2 Å². The molecule has 0 spiro atoms. The molecule has 4 heteroatoms. The van der Waals surface area contributed by atoms with Crippen molar-refractivity contribution >= 4 is 5.97 Å². The molecule has 23 heavy (non-hydrogen) atoms. The molecule has 0 aliphatic heterocycles. The van der Waals surface area contributed by atoms with E-state index in [2.05, 4.69) is 29.2 Å². The first-order chi connectivity index (χ1) is 11.1. The topological polar surface area (TPSA) is 48.9 Å². The molecule has 0 aromatic carbocycles. The monoisotopic (exact) mass is 322 g/mol. The lowest BCUT2D eigenvalue weighted by Crippen LogP contribution is -2.45. The van der Waals surface area contributed by atoms with E-state index < -0.39 is 11.9 Å². The van der Waals surface area contributed by atoms with Crippen LogP contribution in [-0.2, 0) is 24.3 Å². The molecule has 0 aliphatic carbocycles. The molecule has 0 N–H and O–H groups in total. The fourth-order valence-corrected chi connectivity index (χ4v) is 3.03. The molecule has 4 nitrogen and oxygen atoms in total. The van der Waals surface area contributed by atoms with E-state index in [0.29, 0.717) is 6.54 Å². The van der Waals surface area contributed by atoms with Gasteiger partial charge in [-0.05, 0) is 13.3 Å². The summed E-state index contributed by atoms with van der Waals surface area (Å²) in [6, 6.07) is 0. The number of carboxylic acids is 1. The summed E-state index contributed by atoms with van der Waals surface area (Å²) in [5.41, 5.74) is 0. The number of aryl methyl sites for hydroxylation is 1. The van der Waals surface area contributed by atoms with Gasteiger partial charge in [-0.2, -0.15) is 0 Å². The Morgan fingerprint density at radius 3 is 2.30 bits per heavy atom. The normalized spacial score (nSPS) is 12.5. The van der Waals surface area contributed by atoms with Gasteiger partial charge >= 0.3 is 0 Å². The van der Waals surface area contributed by atoms with E-state index in [4.69, 9.17) is 0 Å². The summed E-state index contributed by atoms with van der Waals surface area (Å²) >= 11 is 0. The third-order valence-electron chi connectivity index (χ3n) is 4.56. The average molecular weight is 322 g/mol. The van der Waals surface area contributed by atoms with Gasteiger partial charge in [-0.1, -0.05) is 58.8 Å². The van der Waals surface area contributed by atoms with Gasteiger partial charge in [0.1, 0.15) is 12.4 Å². The molecular formula is C19H34N2O2. The maximum Gasteiger partial charge on any atom is 0.256 e. The third-order valence-corrected chi connectivity index (χ3v) is 4.56. The SMILES string of the molecule is CCCCCCCCCCc1n(CC)cc[n+]1CC(C)C(=O)[O-]. The second-order valence-corrected chi connectivity index (χ2v) is 6.60. The molecule has 1 unspecified atom stereocenters. The van der Waals surface area contributed by atoms with Gasteiger partial charge in [0, 0.05) is 18.3 Å². The number of aromatic nitrogens is 2. The highest BCUT2D eigenvalue weighted by Gasteiger charge is 2.18. The Labute approximate surface area is 141 Å². The molecule has 132 valence electrons. The average Bonchev–Trinajstić information content (AvgIpc) is 2.91. The minimum absolute atomic E-state index is 0.454. The van der Waals surface area contributed by atoms with Crippen molar-refractivity contribution in [2.24, 2.45) is 5.92 Å². The number of aliphatic carboxylic acids is 1. The highest BCUT2D eigenvalue weighted by Crippen LogP contribution is 2.11. The maximum absolute atomic E-state index is 11.0. The molecule has 1 heterocycles. The highest BCUT2D eigenvalue weighted by atomic mass is 16.4. The van der Waals surface area contributed by atoms with Crippen LogP contribution in [-0.4, -0.2) is 10.5 Å². The van der Waals surface area contributed by atoms with E-state index in [-0.39, 0.29) is 0 Å². The molecule has 0 amide bonds. The summed E-state index contributed by atoms with van der Waals surface area (Å²) in [4.78, 5) is 11.0. The Balaban J connectivity index is 2.39. The van der Waals surface area contributed by atoms with Gasteiger partial charge in [0.05, 0.1) is 13.1 Å². The first-order valence-electron chi connectivity index (χ1n) is 9.38. The number of imidazole rings is 1. The maximum atomic E-state index is 11.0. The van der Waals surface area contributed by atoms with Crippen molar-refractivity contribution in [1.82, 2.24) is 4.57 Å². The van der Waals surface area contributed by atoms with Gasteiger partial charge in [-0.25, -0.2) is 9.13 Å². The van der Waals surface area contributed by atoms with Crippen LogP contribution in [0, 0.1) is 5.92 Å². The number of rotatable bonds is 13. The molecule has 1 aromatic heterocycles. The highest BCUT2D eigenvalue weighted by molar-refractivity contribution is 5.66. The standard InChI is InChI=1S/C19H34N2O2/c1-4-6-7-8-9-10-11-12-13-18-20(5-2)14-15-21(18)16-17(3)19(22)23/h14-15,17H,4-13,16H2,1-3H3. The van der Waals surface area contributed by atoms with Crippen LogP contribution in [0.5, 0.6) is 0 Å². The van der Waals surface area contributed by atoms with Crippen LogP contribution in [0.2, 0.25) is 0 Å². The van der Waals surface area contributed by atoms with Crippen molar-refractivity contribution in [3.63, 3.8) is 0 Å². The van der Waals surface area contributed by atoms with Gasteiger partial charge in [0.25, 0.3) is 5.82 Å². The number of hydrogen-bond acceptors (Lipinski definition) is 2. The molecule has 0 saturated carbocycles. The van der Waals surface area contributed by atoms with E-state index in [1.54, 1.807) is 6.92 Å². The fourth-order valence-electron chi connectivity index (χ4n) is 3.03. The van der Waals surface area contributed by atoms with Crippen molar-refractivity contribution in [2.75, 3.05) is 0 Å². The summed E-state index contributed by atoms with van der Waals surface area (Å²) < 4.78 is 4.31. The van der Waals surface area contributed by atoms with E-state index in [0.717, 1.165) is 13.0 Å². The van der Waals surface area contributed by atoms with Crippen LogP contribution in [0.25, 0.3) is 0 Å². The quantitative estimate of drug-likeness (QED) is 0.414. The van der Waals surface area contributed by atoms with Crippen molar-refractivity contribution in [3.8, 4) is 0 Å². The second kappa shape index (κ2) is 11.3. The predicted octanol–water partition coefficient (Wildman–Crippen LogP) is 2.86.